The molecule has 42 heavy (non-hydrogen) atoms. The van der Waals surface area contributed by atoms with Gasteiger partial charge < -0.3 is 9.80 Å². The molecule has 0 fully saturated rings. The summed E-state index contributed by atoms with van der Waals surface area (Å²) in [5, 5.41) is 0. The fourth-order valence-electron chi connectivity index (χ4n) is 7.72. The lowest BCUT2D eigenvalue weighted by atomic mass is 9.75. The van der Waals surface area contributed by atoms with Crippen LogP contribution in [-0.2, 0) is 12.8 Å². The highest BCUT2D eigenvalue weighted by Gasteiger charge is 2.50. The van der Waals surface area contributed by atoms with Gasteiger partial charge in [0.2, 0.25) is 11.4 Å². The molecule has 8 rings (SSSR count). The summed E-state index contributed by atoms with van der Waals surface area (Å²) in [4.78, 5) is 4.63. The fraction of sp³-hybridized carbons (Fsp3) is 0.229. The molecule has 3 nitrogen and oxygen atoms in total. The normalized spacial score (nSPS) is 21.6. The maximum Gasteiger partial charge on any atom is 0.222 e. The van der Waals surface area contributed by atoms with Crippen LogP contribution in [0.2, 0.25) is 0 Å². The Morgan fingerprint density at radius 3 is 2.48 bits per heavy atom. The van der Waals surface area contributed by atoms with E-state index in [1.54, 1.807) is 10.6 Å². The fourth-order valence-corrected chi connectivity index (χ4v) is 7.72. The van der Waals surface area contributed by atoms with E-state index in [0.29, 0.717) is 12.1 Å². The van der Waals surface area contributed by atoms with Crippen LogP contribution in [0.15, 0.2) is 79.8 Å². The summed E-state index contributed by atoms with van der Waals surface area (Å²) in [5.41, 5.74) is 6.76. The van der Waals surface area contributed by atoms with Crippen molar-refractivity contribution < 1.29 is 22.1 Å². The highest BCUT2D eigenvalue weighted by atomic mass is 19.2. The van der Waals surface area contributed by atoms with E-state index in [1.807, 2.05) is 43.5 Å². The van der Waals surface area contributed by atoms with Crippen LogP contribution in [0.25, 0.3) is 28.1 Å². The second-order valence-electron chi connectivity index (χ2n) is 11.7. The molecule has 0 N–H and O–H groups in total. The van der Waals surface area contributed by atoms with Crippen molar-refractivity contribution >= 4 is 5.70 Å². The molecule has 4 aromatic rings. The zero-order valence-electron chi connectivity index (χ0n) is 23.0. The van der Waals surface area contributed by atoms with E-state index in [2.05, 4.69) is 47.0 Å². The van der Waals surface area contributed by atoms with Crippen LogP contribution in [0.4, 0.5) is 17.6 Å². The molecule has 3 aromatic carbocycles. The number of aromatic nitrogens is 1. The van der Waals surface area contributed by atoms with Crippen LogP contribution < -0.4 is 4.57 Å². The molecule has 3 atom stereocenters. The van der Waals surface area contributed by atoms with Crippen LogP contribution in [0.3, 0.4) is 0 Å². The van der Waals surface area contributed by atoms with Crippen molar-refractivity contribution in [2.45, 2.75) is 44.3 Å². The maximum absolute atomic E-state index is 15.9. The highest BCUT2D eigenvalue weighted by Crippen LogP contribution is 2.52. The van der Waals surface area contributed by atoms with Gasteiger partial charge in [-0.1, -0.05) is 48.5 Å². The van der Waals surface area contributed by atoms with Crippen LogP contribution >= 0.6 is 0 Å². The number of fused-ring (bicyclic) bond motifs is 6. The zero-order chi connectivity index (χ0) is 28.9. The molecule has 4 aliphatic heterocycles. The van der Waals surface area contributed by atoms with E-state index in [-0.39, 0.29) is 41.4 Å². The molecule has 0 bridgehead atoms. The Hall–Kier alpha value is -4.39. The van der Waals surface area contributed by atoms with Crippen molar-refractivity contribution in [1.82, 2.24) is 9.80 Å². The maximum atomic E-state index is 15.9. The zero-order valence-corrected chi connectivity index (χ0v) is 23.0. The number of halogens is 4. The Labute approximate surface area is 241 Å². The van der Waals surface area contributed by atoms with Crippen LogP contribution in [-0.4, -0.2) is 22.4 Å². The Kier molecular flexibility index (Phi) is 5.46. The smallest absolute Gasteiger partial charge is 0.222 e. The number of hydrogen-bond acceptors (Lipinski definition) is 2. The van der Waals surface area contributed by atoms with Crippen LogP contribution in [0.5, 0.6) is 0 Å². The van der Waals surface area contributed by atoms with Gasteiger partial charge in [0.15, 0.2) is 29.5 Å². The van der Waals surface area contributed by atoms with Gasteiger partial charge in [0.1, 0.15) is 12.2 Å². The Morgan fingerprint density at radius 2 is 1.67 bits per heavy atom. The van der Waals surface area contributed by atoms with Gasteiger partial charge in [0.05, 0.1) is 5.56 Å². The lowest BCUT2D eigenvalue weighted by Gasteiger charge is -2.48. The first-order valence-corrected chi connectivity index (χ1v) is 14.3. The molecule has 3 unspecified atom stereocenters. The molecule has 0 aliphatic carbocycles. The van der Waals surface area contributed by atoms with Gasteiger partial charge in [-0.2, -0.15) is 4.57 Å². The van der Waals surface area contributed by atoms with Crippen molar-refractivity contribution in [3.8, 4) is 22.4 Å². The summed E-state index contributed by atoms with van der Waals surface area (Å²) in [6.45, 7) is 7.42. The summed E-state index contributed by atoms with van der Waals surface area (Å²) < 4.78 is 63.1. The minimum atomic E-state index is -1.80. The van der Waals surface area contributed by atoms with Gasteiger partial charge in [0, 0.05) is 47.6 Å². The molecular weight excluding hydrogens is 538 g/mol. The minimum Gasteiger partial charge on any atom is -0.352 e. The standard InChI is InChI=1S/C35H28F4N3/c1-19-18-42-20(2)34-24(23-10-6-9-22-13-14-40-15-16-41(34)35(40)28(22)23)11-12-25-29(31(37)33(39)32(38)30(25)36)27(42)17-26(19)21-7-4-3-5-8-21/h3-10,15-18,24,34-35H,2,11-14H2,1H3/q+1. The van der Waals surface area contributed by atoms with E-state index in [4.69, 9.17) is 0 Å². The summed E-state index contributed by atoms with van der Waals surface area (Å²) >= 11 is 0. The summed E-state index contributed by atoms with van der Waals surface area (Å²) in [7, 11) is 0. The Morgan fingerprint density at radius 1 is 0.881 bits per heavy atom. The molecule has 4 aliphatic rings. The van der Waals surface area contributed by atoms with Crippen LogP contribution in [0, 0.1) is 30.2 Å². The molecule has 1 aromatic heterocycles. The van der Waals surface area contributed by atoms with Crippen molar-refractivity contribution in [2.75, 3.05) is 6.54 Å². The molecule has 0 amide bonds. The first kappa shape index (κ1) is 25.3. The SMILES string of the molecule is C=C1C2C(CCc3c(F)c(F)c(F)c(F)c3-c3cc(-c4ccccc4)c(C)c[n+]31)c1cccc3c1C1N(C=CN21)CC3. The topological polar surface area (TPSA) is 10.4 Å². The van der Waals surface area contributed by atoms with Crippen molar-refractivity contribution in [3.63, 3.8) is 0 Å². The Bertz CT molecular complexity index is 1850. The number of hydrogen-bond donors (Lipinski definition) is 0. The molecule has 0 saturated carbocycles. The van der Waals surface area contributed by atoms with E-state index < -0.39 is 23.3 Å². The van der Waals surface area contributed by atoms with E-state index in [1.165, 1.54) is 11.1 Å². The summed E-state index contributed by atoms with van der Waals surface area (Å²) in [6.07, 6.45) is 7.44. The Balaban J connectivity index is 1.43. The quantitative estimate of drug-likeness (QED) is 0.103. The van der Waals surface area contributed by atoms with Gasteiger partial charge in [-0.3, -0.25) is 0 Å². The minimum absolute atomic E-state index is 0.00294. The molecule has 210 valence electrons. The number of nitrogens with zero attached hydrogens (tertiary/aromatic N) is 3. The first-order chi connectivity index (χ1) is 20.3. The van der Waals surface area contributed by atoms with Crippen molar-refractivity contribution in [1.29, 1.82) is 0 Å². The van der Waals surface area contributed by atoms with Gasteiger partial charge >= 0.3 is 0 Å². The molecule has 0 radical (unpaired) electrons. The van der Waals surface area contributed by atoms with Crippen molar-refractivity contribution in [3.05, 3.63) is 131 Å². The van der Waals surface area contributed by atoms with E-state index in [9.17, 15) is 8.78 Å². The third kappa shape index (κ3) is 3.36. The van der Waals surface area contributed by atoms with Gasteiger partial charge in [-0.05, 0) is 55.0 Å². The predicted octanol–water partition coefficient (Wildman–Crippen LogP) is 7.40. The third-order valence-corrected chi connectivity index (χ3v) is 9.61. The number of pyridine rings is 1. The largest absolute Gasteiger partial charge is 0.352 e. The lowest BCUT2D eigenvalue weighted by molar-refractivity contribution is -0.574. The number of rotatable bonds is 1. The van der Waals surface area contributed by atoms with Gasteiger partial charge in [-0.15, -0.1) is 0 Å². The monoisotopic (exact) mass is 566 g/mol. The second-order valence-corrected chi connectivity index (χ2v) is 11.7. The van der Waals surface area contributed by atoms with Crippen molar-refractivity contribution in [2.24, 2.45) is 0 Å². The molecule has 5 heterocycles. The van der Waals surface area contributed by atoms with Crippen LogP contribution in [0.1, 0.15) is 46.3 Å². The molecule has 0 spiro atoms. The molecule has 0 saturated heterocycles. The molecule has 7 heteroatoms. The average Bonchev–Trinajstić information content (AvgIpc) is 3.46. The second kappa shape index (κ2) is 9.05. The van der Waals surface area contributed by atoms with Gasteiger partial charge in [-0.25, -0.2) is 17.6 Å². The summed E-state index contributed by atoms with van der Waals surface area (Å²) in [5.74, 6) is -6.44. The number of benzene rings is 3. The summed E-state index contributed by atoms with van der Waals surface area (Å²) in [6, 6.07) is 17.4. The van der Waals surface area contributed by atoms with E-state index in [0.717, 1.165) is 35.2 Å². The number of aryl methyl sites for hydroxylation is 1. The van der Waals surface area contributed by atoms with E-state index >= 15 is 8.78 Å². The highest BCUT2D eigenvalue weighted by molar-refractivity contribution is 5.74. The third-order valence-electron chi connectivity index (χ3n) is 9.61. The average molecular weight is 567 g/mol. The first-order valence-electron chi connectivity index (χ1n) is 14.3. The molecular formula is C35H28F4N3+. The lowest BCUT2D eigenvalue weighted by Crippen LogP contribution is -2.53. The van der Waals surface area contributed by atoms with Gasteiger partial charge in [0.25, 0.3) is 0 Å². The predicted molar refractivity (Wildman–Crippen MR) is 153 cm³/mol.